The Morgan fingerprint density at radius 3 is 2.83 bits per heavy atom. The van der Waals surface area contributed by atoms with E-state index in [1.807, 2.05) is 17.0 Å². The van der Waals surface area contributed by atoms with Gasteiger partial charge in [0.15, 0.2) is 5.76 Å². The van der Waals surface area contributed by atoms with Gasteiger partial charge in [-0.15, -0.1) is 11.3 Å². The van der Waals surface area contributed by atoms with Crippen LogP contribution in [0.25, 0.3) is 0 Å². The number of benzene rings is 1. The molecule has 4 aliphatic rings. The van der Waals surface area contributed by atoms with Crippen molar-refractivity contribution in [3.05, 3.63) is 93.1 Å². The molecular weight excluding hydrogens is 534 g/mol. The molecule has 0 radical (unpaired) electrons. The zero-order valence-electron chi connectivity index (χ0n) is 23.9. The minimum Gasteiger partial charge on any atom is -0.461 e. The first-order valence-electron chi connectivity index (χ1n) is 14.8. The normalized spacial score (nSPS) is 28.4. The lowest BCUT2D eigenvalue weighted by Gasteiger charge is -2.43. The second-order valence-electron chi connectivity index (χ2n) is 12.3. The zero-order chi connectivity index (χ0) is 28.6. The van der Waals surface area contributed by atoms with Gasteiger partial charge in [-0.25, -0.2) is 4.79 Å². The van der Waals surface area contributed by atoms with Gasteiger partial charge in [0.2, 0.25) is 5.78 Å². The van der Waals surface area contributed by atoms with Crippen molar-refractivity contribution in [2.45, 2.75) is 82.8 Å². The summed E-state index contributed by atoms with van der Waals surface area (Å²) in [7, 11) is 0. The largest absolute Gasteiger partial charge is 0.461 e. The Hall–Kier alpha value is -3.16. The maximum absolute atomic E-state index is 13.8. The molecule has 3 aliphatic carbocycles. The summed E-state index contributed by atoms with van der Waals surface area (Å²) in [5, 5.41) is 12.8. The number of allylic oxidation sites excluding steroid dienone is 2. The predicted molar refractivity (Wildman–Crippen MR) is 159 cm³/mol. The fourth-order valence-electron chi connectivity index (χ4n) is 7.39. The Balaban J connectivity index is 1.39. The average Bonchev–Trinajstić information content (AvgIpc) is 3.76. The second-order valence-corrected chi connectivity index (χ2v) is 13.4. The van der Waals surface area contributed by atoms with Crippen molar-refractivity contribution in [2.24, 2.45) is 5.41 Å². The lowest BCUT2D eigenvalue weighted by Crippen LogP contribution is -2.48. The molecule has 1 N–H and O–H groups in total. The molecule has 2 aromatic heterocycles. The summed E-state index contributed by atoms with van der Waals surface area (Å²) in [4.78, 5) is 30.3. The van der Waals surface area contributed by atoms with Gasteiger partial charge in [-0.2, -0.15) is 0 Å². The zero-order valence-corrected chi connectivity index (χ0v) is 24.8. The van der Waals surface area contributed by atoms with Crippen molar-refractivity contribution < 1.29 is 23.8 Å². The third kappa shape index (κ3) is 5.30. The molecule has 7 rings (SSSR count). The van der Waals surface area contributed by atoms with Crippen molar-refractivity contribution in [3.8, 4) is 0 Å². The molecule has 2 bridgehead atoms. The number of nitrogens with zero attached hydrogens (tertiary/aromatic N) is 1. The van der Waals surface area contributed by atoms with E-state index in [4.69, 9.17) is 9.15 Å². The lowest BCUT2D eigenvalue weighted by atomic mass is 9.65. The molecule has 1 amide bonds. The van der Waals surface area contributed by atoms with E-state index in [-0.39, 0.29) is 23.2 Å². The molecule has 3 heterocycles. The first kappa shape index (κ1) is 28.0. The van der Waals surface area contributed by atoms with E-state index < -0.39 is 11.7 Å². The average molecular weight is 574 g/mol. The van der Waals surface area contributed by atoms with E-state index in [0.717, 1.165) is 49.7 Å². The molecule has 1 saturated heterocycles. The minimum absolute atomic E-state index is 0.0251. The van der Waals surface area contributed by atoms with E-state index in [0.29, 0.717) is 37.3 Å². The Morgan fingerprint density at radius 2 is 2.05 bits per heavy atom. The number of aliphatic hydroxyl groups excluding tert-OH is 1. The van der Waals surface area contributed by atoms with Gasteiger partial charge in [-0.1, -0.05) is 36.8 Å². The molecule has 7 heteroatoms. The van der Waals surface area contributed by atoms with E-state index in [1.165, 1.54) is 16.7 Å². The van der Waals surface area contributed by atoms with Crippen LogP contribution in [-0.2, 0) is 17.6 Å². The summed E-state index contributed by atoms with van der Waals surface area (Å²) in [5.41, 5.74) is 2.83. The number of carbonyl (C=O) groups is 2. The van der Waals surface area contributed by atoms with Crippen molar-refractivity contribution in [2.75, 3.05) is 13.1 Å². The van der Waals surface area contributed by atoms with Gasteiger partial charge < -0.3 is 19.2 Å². The van der Waals surface area contributed by atoms with Gasteiger partial charge in [-0.05, 0) is 105 Å². The van der Waals surface area contributed by atoms with Gasteiger partial charge in [-0.3, -0.25) is 4.79 Å². The van der Waals surface area contributed by atoms with Crippen molar-refractivity contribution in [3.63, 3.8) is 0 Å². The summed E-state index contributed by atoms with van der Waals surface area (Å²) >= 11 is 1.72. The molecule has 216 valence electrons. The standard InChI is InChI=1S/C34H39NO5S/c1-23-6-3-15-33(2)29(13-16-34(33)22-35(32(38)40-34)17-14-26-7-5-19-41-26)27-12-10-24(20-25(36)11-9-23)21-28(27)31(37)30-8-4-18-39-30/h4-8,10,12,18-19,21,25,29,36H,3,9,11,13-17,20,22H2,1-2H3/t25-,29-,33-,34+/m0/s1. The number of fused-ring (bicyclic) bond motifs is 8. The lowest BCUT2D eigenvalue weighted by molar-refractivity contribution is -0.0372. The van der Waals surface area contributed by atoms with Crippen LogP contribution in [-0.4, -0.2) is 46.7 Å². The van der Waals surface area contributed by atoms with Crippen molar-refractivity contribution >= 4 is 23.2 Å². The number of aliphatic hydroxyl groups is 1. The van der Waals surface area contributed by atoms with Crippen molar-refractivity contribution in [1.82, 2.24) is 4.90 Å². The molecule has 3 aromatic rings. The Labute approximate surface area is 246 Å². The number of furan rings is 1. The predicted octanol–water partition coefficient (Wildman–Crippen LogP) is 7.31. The molecule has 1 aliphatic heterocycles. The number of amides is 1. The van der Waals surface area contributed by atoms with Crippen LogP contribution in [0.3, 0.4) is 0 Å². The number of ketones is 1. The molecule has 1 saturated carbocycles. The highest BCUT2D eigenvalue weighted by atomic mass is 32.1. The molecule has 1 spiro atoms. The van der Waals surface area contributed by atoms with E-state index >= 15 is 0 Å². The number of carbonyl (C=O) groups excluding carboxylic acids is 2. The molecule has 0 unspecified atom stereocenters. The quantitative estimate of drug-likeness (QED) is 0.256. The van der Waals surface area contributed by atoms with Gasteiger partial charge in [0.1, 0.15) is 5.60 Å². The molecular formula is C34H39NO5S. The minimum atomic E-state index is -0.622. The van der Waals surface area contributed by atoms with E-state index in [9.17, 15) is 14.7 Å². The summed E-state index contributed by atoms with van der Waals surface area (Å²) in [5.74, 6) is 0.190. The van der Waals surface area contributed by atoms with Gasteiger partial charge in [0.05, 0.1) is 18.9 Å². The Bertz CT molecular complexity index is 1430. The summed E-state index contributed by atoms with van der Waals surface area (Å²) < 4.78 is 12.0. The Morgan fingerprint density at radius 1 is 1.17 bits per heavy atom. The SMILES string of the molecule is CC1=CCC[C@@]2(C)[C@@H](CC[C@@]23CN(CCc2cccs2)C(=O)O3)c2ccc(cc2C(=O)c2ccco2)C[C@@H](O)CC1. The van der Waals surface area contributed by atoms with Crippen LogP contribution in [0.15, 0.2) is 70.2 Å². The van der Waals surface area contributed by atoms with Crippen LogP contribution in [0.5, 0.6) is 0 Å². The third-order valence-electron chi connectivity index (χ3n) is 9.82. The van der Waals surface area contributed by atoms with E-state index in [1.54, 1.807) is 23.5 Å². The number of rotatable bonds is 5. The monoisotopic (exact) mass is 573 g/mol. The fraction of sp³-hybridized carbons (Fsp3) is 0.471. The van der Waals surface area contributed by atoms with Gasteiger partial charge in [0, 0.05) is 22.4 Å². The summed E-state index contributed by atoms with van der Waals surface area (Å²) in [6.07, 6.45) is 9.19. The smallest absolute Gasteiger partial charge is 0.410 e. The highest BCUT2D eigenvalue weighted by molar-refractivity contribution is 7.09. The molecule has 4 atom stereocenters. The maximum atomic E-state index is 13.8. The van der Waals surface area contributed by atoms with Crippen LogP contribution in [0.4, 0.5) is 4.79 Å². The van der Waals surface area contributed by atoms with Crippen LogP contribution in [0, 0.1) is 5.41 Å². The molecule has 41 heavy (non-hydrogen) atoms. The number of hydrogen-bond donors (Lipinski definition) is 1. The third-order valence-corrected chi connectivity index (χ3v) is 10.8. The highest BCUT2D eigenvalue weighted by Gasteiger charge is 2.63. The highest BCUT2D eigenvalue weighted by Crippen LogP contribution is 2.61. The van der Waals surface area contributed by atoms with Crippen LogP contribution in [0.2, 0.25) is 0 Å². The molecule has 2 fully saturated rings. The first-order valence-corrected chi connectivity index (χ1v) is 15.7. The second kappa shape index (κ2) is 11.3. The van der Waals surface area contributed by atoms with Crippen LogP contribution in [0.1, 0.15) is 90.4 Å². The number of thiophene rings is 1. The topological polar surface area (TPSA) is 80.0 Å². The van der Waals surface area contributed by atoms with Crippen molar-refractivity contribution in [1.29, 1.82) is 0 Å². The number of ether oxygens (including phenoxy) is 1. The van der Waals surface area contributed by atoms with Crippen LogP contribution >= 0.6 is 11.3 Å². The molecule has 1 aromatic carbocycles. The van der Waals surface area contributed by atoms with Crippen LogP contribution < -0.4 is 0 Å². The maximum Gasteiger partial charge on any atom is 0.410 e. The number of hydrogen-bond acceptors (Lipinski definition) is 6. The fourth-order valence-corrected chi connectivity index (χ4v) is 8.09. The van der Waals surface area contributed by atoms with Gasteiger partial charge in [0.25, 0.3) is 0 Å². The summed E-state index contributed by atoms with van der Waals surface area (Å²) in [6.45, 7) is 5.62. The first-order chi connectivity index (χ1) is 19.8. The Kier molecular flexibility index (Phi) is 7.68. The van der Waals surface area contributed by atoms with Gasteiger partial charge >= 0.3 is 6.09 Å². The molecule has 6 nitrogen and oxygen atoms in total. The van der Waals surface area contributed by atoms with E-state index in [2.05, 4.69) is 43.5 Å². The summed E-state index contributed by atoms with van der Waals surface area (Å²) in [6, 6.07) is 13.7.